The molecule has 0 saturated carbocycles. The van der Waals surface area contributed by atoms with Gasteiger partial charge in [-0.05, 0) is 55.2 Å². The number of hydrogen-bond acceptors (Lipinski definition) is 3. The number of hydrogen-bond donors (Lipinski definition) is 1. The van der Waals surface area contributed by atoms with Gasteiger partial charge in [0, 0.05) is 16.2 Å². The molecule has 0 bridgehead atoms. The maximum absolute atomic E-state index is 6.50. The van der Waals surface area contributed by atoms with Gasteiger partial charge in [-0.25, -0.2) is 0 Å². The van der Waals surface area contributed by atoms with Crippen LogP contribution >= 0.6 is 11.8 Å². The monoisotopic (exact) mass is 299 g/mol. The van der Waals surface area contributed by atoms with Gasteiger partial charge in [0.25, 0.3) is 0 Å². The molecular formula is C18H21NOS. The molecule has 0 saturated heterocycles. The van der Waals surface area contributed by atoms with Gasteiger partial charge in [-0.2, -0.15) is 0 Å². The van der Waals surface area contributed by atoms with Crippen LogP contribution in [0.2, 0.25) is 0 Å². The molecule has 0 radical (unpaired) electrons. The molecular weight excluding hydrogens is 278 g/mol. The van der Waals surface area contributed by atoms with Gasteiger partial charge in [-0.15, -0.1) is 11.8 Å². The summed E-state index contributed by atoms with van der Waals surface area (Å²) in [6, 6.07) is 15.1. The minimum Gasteiger partial charge on any atom is -0.497 e. The Bertz CT molecular complexity index is 624. The summed E-state index contributed by atoms with van der Waals surface area (Å²) in [5.74, 6) is 0.922. The first-order chi connectivity index (χ1) is 10.2. The molecule has 3 rings (SSSR count). The van der Waals surface area contributed by atoms with Crippen molar-refractivity contribution >= 4 is 11.8 Å². The first-order valence-electron chi connectivity index (χ1n) is 7.33. The third kappa shape index (κ3) is 3.09. The minimum atomic E-state index is 0.0889. The van der Waals surface area contributed by atoms with Crippen LogP contribution < -0.4 is 10.5 Å². The van der Waals surface area contributed by atoms with Gasteiger partial charge in [0.2, 0.25) is 0 Å². The summed E-state index contributed by atoms with van der Waals surface area (Å²) >= 11 is 1.90. The van der Waals surface area contributed by atoms with Crippen LogP contribution in [-0.2, 0) is 6.42 Å². The highest BCUT2D eigenvalue weighted by Crippen LogP contribution is 2.39. The van der Waals surface area contributed by atoms with Gasteiger partial charge in [0.1, 0.15) is 5.75 Å². The number of benzene rings is 2. The van der Waals surface area contributed by atoms with E-state index in [-0.39, 0.29) is 6.04 Å². The Hall–Kier alpha value is -1.45. The summed E-state index contributed by atoms with van der Waals surface area (Å²) in [7, 11) is 1.71. The molecule has 2 aromatic rings. The Morgan fingerprint density at radius 2 is 1.90 bits per heavy atom. The van der Waals surface area contributed by atoms with Gasteiger partial charge in [-0.3, -0.25) is 0 Å². The molecule has 21 heavy (non-hydrogen) atoms. The van der Waals surface area contributed by atoms with E-state index in [9.17, 15) is 0 Å². The summed E-state index contributed by atoms with van der Waals surface area (Å²) < 4.78 is 5.30. The molecule has 2 atom stereocenters. The van der Waals surface area contributed by atoms with Crippen LogP contribution in [-0.4, -0.2) is 12.4 Å². The van der Waals surface area contributed by atoms with Crippen LogP contribution in [0.4, 0.5) is 0 Å². The van der Waals surface area contributed by atoms with E-state index in [0.29, 0.717) is 5.25 Å². The second-order valence-electron chi connectivity index (χ2n) is 5.60. The molecule has 0 spiro atoms. The SMILES string of the molecule is COc1ccc2c(c1)CCC(Sc1ccc(C)cc1)C2N. The van der Waals surface area contributed by atoms with E-state index in [1.807, 2.05) is 17.8 Å². The van der Waals surface area contributed by atoms with E-state index in [0.717, 1.165) is 18.6 Å². The lowest BCUT2D eigenvalue weighted by atomic mass is 9.87. The average Bonchev–Trinajstić information content (AvgIpc) is 2.52. The van der Waals surface area contributed by atoms with Crippen molar-refractivity contribution in [3.63, 3.8) is 0 Å². The fourth-order valence-corrected chi connectivity index (χ4v) is 4.02. The van der Waals surface area contributed by atoms with E-state index in [1.165, 1.54) is 21.6 Å². The van der Waals surface area contributed by atoms with Crippen LogP contribution in [0.1, 0.15) is 29.2 Å². The topological polar surface area (TPSA) is 35.2 Å². The van der Waals surface area contributed by atoms with Gasteiger partial charge in [0.15, 0.2) is 0 Å². The van der Waals surface area contributed by atoms with E-state index in [2.05, 4.69) is 43.3 Å². The zero-order chi connectivity index (χ0) is 14.8. The van der Waals surface area contributed by atoms with Crippen LogP contribution in [0.3, 0.4) is 0 Å². The fourth-order valence-electron chi connectivity index (χ4n) is 2.85. The highest BCUT2D eigenvalue weighted by molar-refractivity contribution is 8.00. The van der Waals surface area contributed by atoms with Crippen LogP contribution in [0, 0.1) is 6.92 Å². The maximum Gasteiger partial charge on any atom is 0.119 e. The lowest BCUT2D eigenvalue weighted by molar-refractivity contribution is 0.413. The summed E-state index contributed by atoms with van der Waals surface area (Å²) in [4.78, 5) is 1.30. The standard InChI is InChI=1S/C18H21NOS/c1-12-3-7-15(8-4-12)21-17-10-5-13-11-14(20-2)6-9-16(13)18(17)19/h3-4,6-9,11,17-18H,5,10,19H2,1-2H3. The largest absolute Gasteiger partial charge is 0.497 e. The summed E-state index contributed by atoms with van der Waals surface area (Å²) in [6.07, 6.45) is 2.18. The van der Waals surface area contributed by atoms with Gasteiger partial charge >= 0.3 is 0 Å². The number of nitrogens with two attached hydrogens (primary N) is 1. The van der Waals surface area contributed by atoms with Crippen molar-refractivity contribution in [3.05, 3.63) is 59.2 Å². The Labute approximate surface area is 130 Å². The van der Waals surface area contributed by atoms with Crippen molar-refractivity contribution in [2.45, 2.75) is 36.0 Å². The molecule has 1 aliphatic carbocycles. The van der Waals surface area contributed by atoms with Gasteiger partial charge < -0.3 is 10.5 Å². The molecule has 2 aromatic carbocycles. The van der Waals surface area contributed by atoms with Crippen LogP contribution in [0.15, 0.2) is 47.4 Å². The molecule has 2 nitrogen and oxygen atoms in total. The predicted molar refractivity (Wildman–Crippen MR) is 89.1 cm³/mol. The molecule has 110 valence electrons. The van der Waals surface area contributed by atoms with Crippen molar-refractivity contribution in [2.75, 3.05) is 7.11 Å². The second-order valence-corrected chi connectivity index (χ2v) is 6.91. The summed E-state index contributed by atoms with van der Waals surface area (Å²) in [5, 5.41) is 0.439. The maximum atomic E-state index is 6.50. The van der Waals surface area contributed by atoms with Crippen molar-refractivity contribution in [2.24, 2.45) is 5.73 Å². The molecule has 0 heterocycles. The van der Waals surface area contributed by atoms with Crippen LogP contribution in [0.25, 0.3) is 0 Å². The second kappa shape index (κ2) is 6.12. The zero-order valence-corrected chi connectivity index (χ0v) is 13.3. The Balaban J connectivity index is 1.78. The number of thioether (sulfide) groups is 1. The number of methoxy groups -OCH3 is 1. The predicted octanol–water partition coefficient (Wildman–Crippen LogP) is 4.11. The molecule has 3 heteroatoms. The van der Waals surface area contributed by atoms with Gasteiger partial charge in [-0.1, -0.05) is 23.8 Å². The lowest BCUT2D eigenvalue weighted by Crippen LogP contribution is -2.29. The fraction of sp³-hybridized carbons (Fsp3) is 0.333. The molecule has 0 aliphatic heterocycles. The third-order valence-electron chi connectivity index (χ3n) is 4.12. The number of fused-ring (bicyclic) bond motifs is 1. The van der Waals surface area contributed by atoms with Crippen LogP contribution in [0.5, 0.6) is 5.75 Å². The van der Waals surface area contributed by atoms with Crippen molar-refractivity contribution < 1.29 is 4.74 Å². The van der Waals surface area contributed by atoms with E-state index < -0.39 is 0 Å². The first-order valence-corrected chi connectivity index (χ1v) is 8.21. The molecule has 1 aliphatic rings. The smallest absolute Gasteiger partial charge is 0.119 e. The van der Waals surface area contributed by atoms with E-state index in [4.69, 9.17) is 10.5 Å². The average molecular weight is 299 g/mol. The molecule has 2 N–H and O–H groups in total. The van der Waals surface area contributed by atoms with E-state index >= 15 is 0 Å². The Kier molecular flexibility index (Phi) is 4.22. The third-order valence-corrected chi connectivity index (χ3v) is 5.49. The molecule has 2 unspecified atom stereocenters. The first kappa shape index (κ1) is 14.5. The minimum absolute atomic E-state index is 0.0889. The summed E-state index contributed by atoms with van der Waals surface area (Å²) in [6.45, 7) is 2.12. The number of aryl methyl sites for hydroxylation is 2. The van der Waals surface area contributed by atoms with Gasteiger partial charge in [0.05, 0.1) is 7.11 Å². The number of rotatable bonds is 3. The number of ether oxygens (including phenoxy) is 1. The Morgan fingerprint density at radius 3 is 2.62 bits per heavy atom. The van der Waals surface area contributed by atoms with Crippen molar-refractivity contribution in [1.29, 1.82) is 0 Å². The molecule has 0 amide bonds. The normalized spacial score (nSPS) is 20.9. The van der Waals surface area contributed by atoms with Crippen molar-refractivity contribution in [3.8, 4) is 5.75 Å². The highest BCUT2D eigenvalue weighted by Gasteiger charge is 2.27. The molecule has 0 fully saturated rings. The quantitative estimate of drug-likeness (QED) is 0.926. The van der Waals surface area contributed by atoms with Crippen molar-refractivity contribution in [1.82, 2.24) is 0 Å². The van der Waals surface area contributed by atoms with E-state index in [1.54, 1.807) is 7.11 Å². The Morgan fingerprint density at radius 1 is 1.14 bits per heavy atom. The lowest BCUT2D eigenvalue weighted by Gasteiger charge is -2.31. The zero-order valence-electron chi connectivity index (χ0n) is 12.5. The summed E-state index contributed by atoms with van der Waals surface area (Å²) in [5.41, 5.74) is 10.4. The highest BCUT2D eigenvalue weighted by atomic mass is 32.2. The molecule has 0 aromatic heterocycles.